The molecule has 1 aliphatic rings. The van der Waals surface area contributed by atoms with Gasteiger partial charge in [0.25, 0.3) is 5.78 Å². The maximum atomic E-state index is 12.2. The van der Waals surface area contributed by atoms with Gasteiger partial charge in [-0.15, -0.1) is 0 Å². The summed E-state index contributed by atoms with van der Waals surface area (Å²) >= 11 is 0. The molecule has 1 aromatic heterocycles. The monoisotopic (exact) mass is 302 g/mol. The minimum absolute atomic E-state index is 0.0362. The molecule has 3 rings (SSSR count). The van der Waals surface area contributed by atoms with E-state index in [0.717, 1.165) is 6.07 Å². The second kappa shape index (κ2) is 5.03. The molecule has 112 valence electrons. The molecule has 0 saturated carbocycles. The predicted molar refractivity (Wildman–Crippen MR) is 72.6 cm³/mol. The van der Waals surface area contributed by atoms with E-state index in [4.69, 9.17) is 13.9 Å². The molecule has 0 aliphatic carbocycles. The zero-order valence-electron chi connectivity index (χ0n) is 11.4. The first-order chi connectivity index (χ1) is 10.5. The number of Topliss-reactive ketones (excluding diaryl/α,β-unsaturated/α-hetero) is 2. The molecule has 1 N–H and O–H groups in total. The first kappa shape index (κ1) is 13.9. The van der Waals surface area contributed by atoms with Crippen LogP contribution in [0.25, 0.3) is 0 Å². The molecule has 0 fully saturated rings. The van der Waals surface area contributed by atoms with Crippen LogP contribution in [0.3, 0.4) is 0 Å². The molecule has 2 aromatic rings. The summed E-state index contributed by atoms with van der Waals surface area (Å²) in [6, 6.07) is 5.26. The number of fused-ring (bicyclic) bond motifs is 1. The van der Waals surface area contributed by atoms with Gasteiger partial charge in [-0.25, -0.2) is 0 Å². The Labute approximate surface area is 123 Å². The summed E-state index contributed by atoms with van der Waals surface area (Å²) in [6.07, 6.45) is 0. The fourth-order valence-corrected chi connectivity index (χ4v) is 2.03. The SMILES string of the molecule is Cc1cc(=O)c(O)c(C(=O)C(=O)c2ccc3c(c2)OCO3)o1. The number of aryl methyl sites for hydroxylation is 1. The minimum atomic E-state index is -1.11. The van der Waals surface area contributed by atoms with Crippen molar-refractivity contribution in [2.45, 2.75) is 6.92 Å². The molecule has 0 spiro atoms. The Bertz CT molecular complexity index is 847. The Morgan fingerprint density at radius 3 is 2.59 bits per heavy atom. The normalized spacial score (nSPS) is 12.2. The highest BCUT2D eigenvalue weighted by atomic mass is 16.7. The third-order valence-corrected chi connectivity index (χ3v) is 3.09. The number of hydrogen-bond acceptors (Lipinski definition) is 7. The van der Waals surface area contributed by atoms with E-state index >= 15 is 0 Å². The van der Waals surface area contributed by atoms with Gasteiger partial charge in [0.1, 0.15) is 5.76 Å². The van der Waals surface area contributed by atoms with E-state index in [-0.39, 0.29) is 18.1 Å². The first-order valence-corrected chi connectivity index (χ1v) is 6.30. The number of ether oxygens (including phenoxy) is 2. The second-order valence-corrected chi connectivity index (χ2v) is 4.63. The third kappa shape index (κ3) is 2.22. The molecule has 0 saturated heterocycles. The summed E-state index contributed by atoms with van der Waals surface area (Å²) in [5, 5.41) is 9.62. The van der Waals surface area contributed by atoms with Gasteiger partial charge in [-0.1, -0.05) is 0 Å². The lowest BCUT2D eigenvalue weighted by atomic mass is 10.0. The van der Waals surface area contributed by atoms with Crippen molar-refractivity contribution in [2.75, 3.05) is 6.79 Å². The highest BCUT2D eigenvalue weighted by Gasteiger charge is 2.27. The molecule has 0 radical (unpaired) electrons. The zero-order chi connectivity index (χ0) is 15.9. The van der Waals surface area contributed by atoms with Crippen LogP contribution in [0, 0.1) is 6.92 Å². The number of rotatable bonds is 3. The van der Waals surface area contributed by atoms with Crippen molar-refractivity contribution in [1.29, 1.82) is 0 Å². The maximum Gasteiger partial charge on any atom is 0.272 e. The lowest BCUT2D eigenvalue weighted by Crippen LogP contribution is -2.17. The van der Waals surface area contributed by atoms with E-state index in [1.54, 1.807) is 0 Å². The molecule has 1 aliphatic heterocycles. The van der Waals surface area contributed by atoms with Crippen molar-refractivity contribution in [3.8, 4) is 17.2 Å². The van der Waals surface area contributed by atoms with Gasteiger partial charge < -0.3 is 19.0 Å². The Morgan fingerprint density at radius 1 is 1.09 bits per heavy atom. The summed E-state index contributed by atoms with van der Waals surface area (Å²) in [5.74, 6) is -2.68. The molecule has 0 amide bonds. The van der Waals surface area contributed by atoms with Gasteiger partial charge in [0.15, 0.2) is 11.5 Å². The summed E-state index contributed by atoms with van der Waals surface area (Å²) < 4.78 is 15.2. The Hall–Kier alpha value is -3.09. The van der Waals surface area contributed by atoms with Crippen LogP contribution in [0.2, 0.25) is 0 Å². The fourth-order valence-electron chi connectivity index (χ4n) is 2.03. The van der Waals surface area contributed by atoms with Crippen molar-refractivity contribution in [3.63, 3.8) is 0 Å². The summed E-state index contributed by atoms with van der Waals surface area (Å²) in [6.45, 7) is 1.47. The molecular formula is C15H10O7. The Balaban J connectivity index is 1.99. The topological polar surface area (TPSA) is 103 Å². The molecule has 2 heterocycles. The lowest BCUT2D eigenvalue weighted by Gasteiger charge is -2.04. The summed E-state index contributed by atoms with van der Waals surface area (Å²) in [5.41, 5.74) is -0.747. The highest BCUT2D eigenvalue weighted by molar-refractivity contribution is 6.49. The summed E-state index contributed by atoms with van der Waals surface area (Å²) in [7, 11) is 0. The molecule has 0 unspecified atom stereocenters. The average Bonchev–Trinajstić information content (AvgIpc) is 2.96. The highest BCUT2D eigenvalue weighted by Crippen LogP contribution is 2.33. The van der Waals surface area contributed by atoms with E-state index in [9.17, 15) is 19.5 Å². The molecule has 1 aromatic carbocycles. The minimum Gasteiger partial charge on any atom is -0.501 e. The van der Waals surface area contributed by atoms with Gasteiger partial charge in [0.2, 0.25) is 29.5 Å². The average molecular weight is 302 g/mol. The van der Waals surface area contributed by atoms with Crippen molar-refractivity contribution >= 4 is 11.6 Å². The summed E-state index contributed by atoms with van der Waals surface area (Å²) in [4.78, 5) is 35.8. The van der Waals surface area contributed by atoms with Gasteiger partial charge in [-0.2, -0.15) is 0 Å². The zero-order valence-corrected chi connectivity index (χ0v) is 11.4. The third-order valence-electron chi connectivity index (χ3n) is 3.09. The van der Waals surface area contributed by atoms with Crippen molar-refractivity contribution in [3.05, 3.63) is 51.6 Å². The van der Waals surface area contributed by atoms with Crippen molar-refractivity contribution < 1.29 is 28.6 Å². The molecule has 7 nitrogen and oxygen atoms in total. The van der Waals surface area contributed by atoms with Crippen LogP contribution in [-0.2, 0) is 0 Å². The van der Waals surface area contributed by atoms with Crippen LogP contribution in [0.15, 0.2) is 33.5 Å². The fraction of sp³-hybridized carbons (Fsp3) is 0.133. The molecule has 0 atom stereocenters. The number of benzene rings is 1. The molecule has 0 bridgehead atoms. The second-order valence-electron chi connectivity index (χ2n) is 4.63. The number of aromatic hydroxyl groups is 1. The van der Waals surface area contributed by atoms with Crippen LogP contribution in [0.4, 0.5) is 0 Å². The molecular weight excluding hydrogens is 292 g/mol. The van der Waals surface area contributed by atoms with E-state index in [0.29, 0.717) is 11.5 Å². The largest absolute Gasteiger partial charge is 0.501 e. The first-order valence-electron chi connectivity index (χ1n) is 6.30. The smallest absolute Gasteiger partial charge is 0.272 e. The number of carbonyl (C=O) groups excluding carboxylic acids is 2. The van der Waals surface area contributed by atoms with Gasteiger partial charge in [0, 0.05) is 11.6 Å². The van der Waals surface area contributed by atoms with Gasteiger partial charge >= 0.3 is 0 Å². The Morgan fingerprint density at radius 2 is 1.82 bits per heavy atom. The van der Waals surface area contributed by atoms with Gasteiger partial charge in [0.05, 0.1) is 0 Å². The predicted octanol–water partition coefficient (Wildman–Crippen LogP) is 1.45. The van der Waals surface area contributed by atoms with E-state index in [1.807, 2.05) is 0 Å². The van der Waals surface area contributed by atoms with Crippen molar-refractivity contribution in [1.82, 2.24) is 0 Å². The van der Waals surface area contributed by atoms with Gasteiger partial charge in [-0.05, 0) is 25.1 Å². The molecule has 7 heteroatoms. The number of ketones is 2. The molecule has 22 heavy (non-hydrogen) atoms. The number of hydrogen-bond donors (Lipinski definition) is 1. The van der Waals surface area contributed by atoms with E-state index < -0.39 is 28.5 Å². The number of carbonyl (C=O) groups is 2. The van der Waals surface area contributed by atoms with Crippen LogP contribution in [0.5, 0.6) is 17.2 Å². The standard InChI is InChI=1S/C15H10O7/c1-7-4-9(16)13(18)15(22-7)14(19)12(17)8-2-3-10-11(5-8)21-6-20-10/h2-5,18H,6H2,1H3. The Kier molecular flexibility index (Phi) is 3.17. The maximum absolute atomic E-state index is 12.2. The van der Waals surface area contributed by atoms with Crippen LogP contribution < -0.4 is 14.9 Å². The van der Waals surface area contributed by atoms with Crippen LogP contribution in [-0.4, -0.2) is 23.5 Å². The van der Waals surface area contributed by atoms with E-state index in [1.165, 1.54) is 25.1 Å². The van der Waals surface area contributed by atoms with E-state index in [2.05, 4.69) is 0 Å². The van der Waals surface area contributed by atoms with Crippen molar-refractivity contribution in [2.24, 2.45) is 0 Å². The quantitative estimate of drug-likeness (QED) is 0.676. The van der Waals surface area contributed by atoms with Crippen LogP contribution >= 0.6 is 0 Å². The van der Waals surface area contributed by atoms with Gasteiger partial charge in [-0.3, -0.25) is 14.4 Å². The van der Waals surface area contributed by atoms with Crippen LogP contribution in [0.1, 0.15) is 26.7 Å². The lowest BCUT2D eigenvalue weighted by molar-refractivity contribution is 0.0795.